The Kier molecular flexibility index (Phi) is 11.4. The molecular weight excluding hydrogens is 731 g/mol. The molecule has 0 radical (unpaired) electrons. The van der Waals surface area contributed by atoms with E-state index in [1.165, 1.54) is 13.2 Å². The highest BCUT2D eigenvalue weighted by Gasteiger charge is 2.15. The molecule has 0 saturated heterocycles. The van der Waals surface area contributed by atoms with Crippen LogP contribution in [-0.4, -0.2) is 43.3 Å². The fourth-order valence-electron chi connectivity index (χ4n) is 6.67. The molecule has 0 bridgehead atoms. The zero-order valence-electron chi connectivity index (χ0n) is 29.9. The third-order valence-electron chi connectivity index (χ3n) is 9.36. The summed E-state index contributed by atoms with van der Waals surface area (Å²) in [6.07, 6.45) is 8.90. The van der Waals surface area contributed by atoms with Crippen molar-refractivity contribution in [2.75, 3.05) is 7.11 Å². The van der Waals surface area contributed by atoms with Gasteiger partial charge in [0.05, 0.1) is 42.7 Å². The summed E-state index contributed by atoms with van der Waals surface area (Å²) in [5, 5.41) is 12.6. The summed E-state index contributed by atoms with van der Waals surface area (Å²) in [5.41, 5.74) is 8.87. The molecule has 10 heteroatoms. The van der Waals surface area contributed by atoms with E-state index in [-0.39, 0.29) is 11.5 Å². The van der Waals surface area contributed by atoms with E-state index >= 15 is 0 Å². The Morgan fingerprint density at radius 1 is 0.618 bits per heavy atom. The molecule has 274 valence electrons. The minimum atomic E-state index is -0.963. The van der Waals surface area contributed by atoms with Crippen molar-refractivity contribution in [3.05, 3.63) is 201 Å². The number of aromatic nitrogens is 4. The average Bonchev–Trinajstić information content (AvgIpc) is 3.79. The van der Waals surface area contributed by atoms with Gasteiger partial charge in [-0.05, 0) is 131 Å². The number of fused-ring (bicyclic) bond motifs is 2. The second kappa shape index (κ2) is 16.8. The number of hydrogen-bond acceptors (Lipinski definition) is 5. The van der Waals surface area contributed by atoms with Crippen LogP contribution in [0.15, 0.2) is 146 Å². The van der Waals surface area contributed by atoms with Crippen molar-refractivity contribution in [2.24, 2.45) is 0 Å². The van der Waals surface area contributed by atoms with Crippen LogP contribution >= 0.6 is 23.2 Å². The Morgan fingerprint density at radius 3 is 1.56 bits per heavy atom. The summed E-state index contributed by atoms with van der Waals surface area (Å²) < 4.78 is 9.24. The molecule has 0 aliphatic carbocycles. The number of carboxylic acids is 1. The van der Waals surface area contributed by atoms with Crippen molar-refractivity contribution in [1.82, 2.24) is 19.1 Å². The number of rotatable bonds is 10. The summed E-state index contributed by atoms with van der Waals surface area (Å²) in [6, 6.07) is 38.9. The van der Waals surface area contributed by atoms with E-state index in [4.69, 9.17) is 27.9 Å². The first-order chi connectivity index (χ1) is 26.7. The molecule has 0 saturated carbocycles. The first-order valence-electron chi connectivity index (χ1n) is 17.6. The van der Waals surface area contributed by atoms with Gasteiger partial charge in [-0.25, -0.2) is 9.59 Å². The van der Waals surface area contributed by atoms with Crippen LogP contribution < -0.4 is 0 Å². The number of halogens is 2. The Labute approximate surface area is 328 Å². The molecular formula is C45H36Cl2N4O4. The van der Waals surface area contributed by atoms with Gasteiger partial charge in [0.15, 0.2) is 0 Å². The molecule has 55 heavy (non-hydrogen) atoms. The van der Waals surface area contributed by atoms with E-state index in [9.17, 15) is 14.7 Å². The fraction of sp³-hybridized carbons (Fsp3) is 0.111. The SMILES string of the molecule is COC(=O)c1cc(Cl)ccc1Cc1ccc2c(ccn2Cc2ccccn2)c1.O=C(O)c1cc(Cl)ccc1Cc1ccc2c(ccn2Cc2ccccn2)c1. The van der Waals surface area contributed by atoms with Crippen LogP contribution in [0.3, 0.4) is 0 Å². The van der Waals surface area contributed by atoms with E-state index in [1.54, 1.807) is 30.5 Å². The van der Waals surface area contributed by atoms with Crippen molar-refractivity contribution < 1.29 is 19.4 Å². The van der Waals surface area contributed by atoms with Gasteiger partial charge in [0.1, 0.15) is 0 Å². The predicted octanol–water partition coefficient (Wildman–Crippen LogP) is 10.1. The summed E-state index contributed by atoms with van der Waals surface area (Å²) in [4.78, 5) is 32.3. The first-order valence-corrected chi connectivity index (χ1v) is 18.3. The van der Waals surface area contributed by atoms with E-state index in [1.807, 2.05) is 60.9 Å². The van der Waals surface area contributed by atoms with Crippen molar-refractivity contribution >= 4 is 56.9 Å². The zero-order valence-corrected chi connectivity index (χ0v) is 31.4. The smallest absolute Gasteiger partial charge is 0.338 e. The number of aromatic carboxylic acids is 1. The number of nitrogens with zero attached hydrogens (tertiary/aromatic N) is 4. The normalized spacial score (nSPS) is 11.0. The maximum Gasteiger partial charge on any atom is 0.338 e. The standard InChI is InChI=1S/C23H19ClN2O2.C22H17ClN2O2/c1-28-23(27)21-14-19(24)7-6-17(21)12-16-5-8-22-18(13-16)9-11-26(22)15-20-4-2-3-10-25-20;23-18-6-5-16(20(13-18)22(26)27)11-15-4-7-21-17(12-15)8-10-25(21)14-19-3-1-2-9-24-19/h2-11,13-14H,12,15H2,1H3;1-10,12-13H,11,14H2,(H,26,27). The molecule has 8 nitrogen and oxygen atoms in total. The number of pyridine rings is 2. The number of benzene rings is 4. The van der Waals surface area contributed by atoms with Gasteiger partial charge in [-0.1, -0.05) is 59.6 Å². The number of hydrogen-bond donors (Lipinski definition) is 1. The Balaban J connectivity index is 0.000000169. The molecule has 8 aromatic rings. The number of esters is 1. The quantitative estimate of drug-likeness (QED) is 0.139. The molecule has 1 N–H and O–H groups in total. The second-order valence-corrected chi connectivity index (χ2v) is 13.9. The van der Waals surface area contributed by atoms with Crippen LogP contribution in [0, 0.1) is 0 Å². The lowest BCUT2D eigenvalue weighted by Gasteiger charge is -2.10. The maximum absolute atomic E-state index is 12.1. The Morgan fingerprint density at radius 2 is 1.11 bits per heavy atom. The largest absolute Gasteiger partial charge is 0.478 e. The molecule has 0 spiro atoms. The van der Waals surface area contributed by atoms with Crippen molar-refractivity contribution in [3.8, 4) is 0 Å². The number of carbonyl (C=O) groups excluding carboxylic acids is 1. The van der Waals surface area contributed by atoms with Gasteiger partial charge in [-0.3, -0.25) is 9.97 Å². The molecule has 0 aliphatic rings. The van der Waals surface area contributed by atoms with Crippen molar-refractivity contribution in [3.63, 3.8) is 0 Å². The molecule has 0 atom stereocenters. The summed E-state index contributed by atoms with van der Waals surface area (Å²) >= 11 is 12.0. The lowest BCUT2D eigenvalue weighted by atomic mass is 9.99. The second-order valence-electron chi connectivity index (χ2n) is 13.1. The monoisotopic (exact) mass is 766 g/mol. The zero-order chi connectivity index (χ0) is 38.3. The highest BCUT2D eigenvalue weighted by molar-refractivity contribution is 6.31. The van der Waals surface area contributed by atoms with E-state index in [0.717, 1.165) is 62.0 Å². The van der Waals surface area contributed by atoms with Gasteiger partial charge >= 0.3 is 11.9 Å². The molecule has 4 aromatic carbocycles. The van der Waals surface area contributed by atoms with E-state index in [2.05, 4.69) is 67.8 Å². The average molecular weight is 768 g/mol. The minimum absolute atomic E-state index is 0.246. The van der Waals surface area contributed by atoms with Gasteiger partial charge in [0.2, 0.25) is 0 Å². The van der Waals surface area contributed by atoms with Gasteiger partial charge in [-0.2, -0.15) is 0 Å². The van der Waals surface area contributed by atoms with Crippen LogP contribution in [-0.2, 0) is 30.7 Å². The third-order valence-corrected chi connectivity index (χ3v) is 9.83. The van der Waals surface area contributed by atoms with Gasteiger partial charge in [-0.15, -0.1) is 0 Å². The van der Waals surface area contributed by atoms with Crippen LogP contribution in [0.1, 0.15) is 54.4 Å². The molecule has 0 amide bonds. The lowest BCUT2D eigenvalue weighted by Crippen LogP contribution is -2.06. The Bertz CT molecular complexity index is 2620. The molecule has 8 rings (SSSR count). The van der Waals surface area contributed by atoms with Crippen LogP contribution in [0.25, 0.3) is 21.8 Å². The van der Waals surface area contributed by atoms with E-state index in [0.29, 0.717) is 35.0 Å². The van der Waals surface area contributed by atoms with Crippen LogP contribution in [0.2, 0.25) is 10.0 Å². The third kappa shape index (κ3) is 8.95. The highest BCUT2D eigenvalue weighted by Crippen LogP contribution is 2.25. The minimum Gasteiger partial charge on any atom is -0.478 e. The molecule has 0 unspecified atom stereocenters. The van der Waals surface area contributed by atoms with Crippen LogP contribution in [0.4, 0.5) is 0 Å². The number of carbonyl (C=O) groups is 2. The van der Waals surface area contributed by atoms with Crippen molar-refractivity contribution in [2.45, 2.75) is 25.9 Å². The molecule has 0 fully saturated rings. The summed E-state index contributed by atoms with van der Waals surface area (Å²) in [6.45, 7) is 1.44. The fourth-order valence-corrected chi connectivity index (χ4v) is 7.02. The predicted molar refractivity (Wildman–Crippen MR) is 217 cm³/mol. The summed E-state index contributed by atoms with van der Waals surface area (Å²) in [5.74, 6) is -1.34. The summed E-state index contributed by atoms with van der Waals surface area (Å²) in [7, 11) is 1.38. The Hall–Kier alpha value is -6.22. The van der Waals surface area contributed by atoms with Gasteiger partial charge in [0, 0.05) is 45.9 Å². The van der Waals surface area contributed by atoms with Gasteiger partial charge in [0.25, 0.3) is 0 Å². The topological polar surface area (TPSA) is 99.2 Å². The van der Waals surface area contributed by atoms with E-state index < -0.39 is 5.97 Å². The number of methoxy groups -OCH3 is 1. The van der Waals surface area contributed by atoms with Crippen LogP contribution in [0.5, 0.6) is 0 Å². The van der Waals surface area contributed by atoms with Gasteiger partial charge < -0.3 is 19.0 Å². The molecule has 0 aliphatic heterocycles. The lowest BCUT2D eigenvalue weighted by molar-refractivity contribution is 0.0598. The maximum atomic E-state index is 12.1. The number of ether oxygens (including phenoxy) is 1. The molecule has 4 aromatic heterocycles. The number of carboxylic acid groups (broad SMARTS) is 1. The highest BCUT2D eigenvalue weighted by atomic mass is 35.5. The van der Waals surface area contributed by atoms with Crippen molar-refractivity contribution in [1.29, 1.82) is 0 Å². The molecule has 4 heterocycles. The first kappa shape index (κ1) is 37.1.